The molecular weight excluding hydrogens is 452 g/mol. The molecule has 0 aliphatic heterocycles. The predicted octanol–water partition coefficient (Wildman–Crippen LogP) is 5.68. The zero-order valence-corrected chi connectivity index (χ0v) is 18.7. The first kappa shape index (κ1) is 20.9. The van der Waals surface area contributed by atoms with E-state index >= 15 is 0 Å². The SMILES string of the molecule is Cc1ccc(NC(=NCCc2c[nH]c3ccccc23)NC(=O)c2cccc(Br)c2)cc1. The van der Waals surface area contributed by atoms with Crippen LogP contribution >= 0.6 is 15.9 Å². The molecule has 1 amide bonds. The second-order valence-corrected chi connectivity index (χ2v) is 8.21. The van der Waals surface area contributed by atoms with Crippen molar-refractivity contribution in [3.8, 4) is 0 Å². The minimum atomic E-state index is -0.216. The molecule has 0 radical (unpaired) electrons. The number of carbonyl (C=O) groups excluding carboxylic acids is 1. The highest BCUT2D eigenvalue weighted by atomic mass is 79.9. The first-order chi connectivity index (χ1) is 15.1. The maximum absolute atomic E-state index is 12.8. The summed E-state index contributed by atoms with van der Waals surface area (Å²) in [6.07, 6.45) is 2.78. The molecule has 0 spiro atoms. The van der Waals surface area contributed by atoms with E-state index in [4.69, 9.17) is 0 Å². The van der Waals surface area contributed by atoms with Crippen molar-refractivity contribution in [2.24, 2.45) is 4.99 Å². The number of aromatic nitrogens is 1. The van der Waals surface area contributed by atoms with E-state index in [0.29, 0.717) is 18.1 Å². The van der Waals surface area contributed by atoms with E-state index in [1.165, 1.54) is 16.5 Å². The van der Waals surface area contributed by atoms with Crippen molar-refractivity contribution in [1.29, 1.82) is 0 Å². The first-order valence-corrected chi connectivity index (χ1v) is 10.9. The third-order valence-corrected chi connectivity index (χ3v) is 5.45. The van der Waals surface area contributed by atoms with Gasteiger partial charge in [-0.2, -0.15) is 0 Å². The van der Waals surface area contributed by atoms with Gasteiger partial charge in [0.25, 0.3) is 5.91 Å². The fourth-order valence-corrected chi connectivity index (χ4v) is 3.72. The topological polar surface area (TPSA) is 69.3 Å². The molecule has 31 heavy (non-hydrogen) atoms. The monoisotopic (exact) mass is 474 g/mol. The number of halogens is 1. The summed E-state index contributed by atoms with van der Waals surface area (Å²) in [7, 11) is 0. The fourth-order valence-electron chi connectivity index (χ4n) is 3.32. The van der Waals surface area contributed by atoms with E-state index in [1.54, 1.807) is 12.1 Å². The molecule has 6 heteroatoms. The third-order valence-electron chi connectivity index (χ3n) is 4.96. The van der Waals surface area contributed by atoms with Crippen LogP contribution in [0.5, 0.6) is 0 Å². The molecule has 5 nitrogen and oxygen atoms in total. The maximum Gasteiger partial charge on any atom is 0.257 e. The van der Waals surface area contributed by atoms with Crippen molar-refractivity contribution in [2.45, 2.75) is 13.3 Å². The number of H-pyrrole nitrogens is 1. The number of aryl methyl sites for hydroxylation is 1. The van der Waals surface area contributed by atoms with E-state index in [0.717, 1.165) is 22.1 Å². The van der Waals surface area contributed by atoms with Gasteiger partial charge < -0.3 is 10.3 Å². The van der Waals surface area contributed by atoms with Crippen molar-refractivity contribution >= 4 is 44.4 Å². The van der Waals surface area contributed by atoms with Crippen LogP contribution in [-0.2, 0) is 6.42 Å². The Morgan fingerprint density at radius 3 is 2.65 bits per heavy atom. The Bertz CT molecular complexity index is 1230. The van der Waals surface area contributed by atoms with Crippen molar-refractivity contribution in [3.05, 3.63) is 100 Å². The van der Waals surface area contributed by atoms with Gasteiger partial charge in [0, 0.05) is 39.4 Å². The zero-order chi connectivity index (χ0) is 21.6. The summed E-state index contributed by atoms with van der Waals surface area (Å²) < 4.78 is 0.851. The van der Waals surface area contributed by atoms with E-state index in [9.17, 15) is 4.79 Å². The number of fused-ring (bicyclic) bond motifs is 1. The lowest BCUT2D eigenvalue weighted by molar-refractivity contribution is 0.0977. The molecule has 1 heterocycles. The summed E-state index contributed by atoms with van der Waals surface area (Å²) in [5.74, 6) is 0.209. The second-order valence-electron chi connectivity index (χ2n) is 7.30. The van der Waals surface area contributed by atoms with Gasteiger partial charge in [0.1, 0.15) is 0 Å². The van der Waals surface area contributed by atoms with Crippen LogP contribution in [0.15, 0.2) is 88.5 Å². The van der Waals surface area contributed by atoms with Crippen LogP contribution in [0.2, 0.25) is 0 Å². The van der Waals surface area contributed by atoms with Crippen LogP contribution in [0.4, 0.5) is 5.69 Å². The number of carbonyl (C=O) groups is 1. The molecule has 0 aliphatic carbocycles. The Morgan fingerprint density at radius 2 is 1.84 bits per heavy atom. The molecule has 4 aromatic rings. The van der Waals surface area contributed by atoms with Crippen LogP contribution in [-0.4, -0.2) is 23.4 Å². The molecule has 0 atom stereocenters. The molecule has 0 saturated carbocycles. The van der Waals surface area contributed by atoms with Gasteiger partial charge in [-0.05, 0) is 55.3 Å². The number of guanidine groups is 1. The molecule has 0 saturated heterocycles. The Hall–Kier alpha value is -3.38. The third kappa shape index (κ3) is 5.41. The first-order valence-electron chi connectivity index (χ1n) is 10.1. The van der Waals surface area contributed by atoms with Crippen molar-refractivity contribution < 1.29 is 4.79 Å². The van der Waals surface area contributed by atoms with Crippen LogP contribution in [0.3, 0.4) is 0 Å². The van der Waals surface area contributed by atoms with Gasteiger partial charge >= 0.3 is 0 Å². The standard InChI is InChI=1S/C25H23BrN4O/c1-17-9-11-21(12-10-17)29-25(30-24(31)18-5-4-6-20(26)15-18)27-14-13-19-16-28-23-8-3-2-7-22(19)23/h2-12,15-16,28H,13-14H2,1H3,(H2,27,29,30,31). The molecule has 0 fully saturated rings. The van der Waals surface area contributed by atoms with Crippen LogP contribution in [0, 0.1) is 6.92 Å². The van der Waals surface area contributed by atoms with Crippen LogP contribution in [0.25, 0.3) is 10.9 Å². The lowest BCUT2D eigenvalue weighted by Crippen LogP contribution is -2.36. The number of benzene rings is 3. The molecule has 4 rings (SSSR count). The highest BCUT2D eigenvalue weighted by Gasteiger charge is 2.10. The number of para-hydroxylation sites is 1. The molecule has 0 bridgehead atoms. The number of rotatable bonds is 5. The lowest BCUT2D eigenvalue weighted by Gasteiger charge is -2.12. The summed E-state index contributed by atoms with van der Waals surface area (Å²) in [4.78, 5) is 20.7. The molecular formula is C25H23BrN4O. The number of hydrogen-bond donors (Lipinski definition) is 3. The average molecular weight is 475 g/mol. The van der Waals surface area contributed by atoms with Gasteiger partial charge in [-0.15, -0.1) is 0 Å². The van der Waals surface area contributed by atoms with Gasteiger partial charge in [-0.1, -0.05) is 57.9 Å². The van der Waals surface area contributed by atoms with E-state index in [2.05, 4.69) is 48.7 Å². The molecule has 156 valence electrons. The number of hydrogen-bond acceptors (Lipinski definition) is 2. The van der Waals surface area contributed by atoms with Crippen molar-refractivity contribution in [1.82, 2.24) is 10.3 Å². The van der Waals surface area contributed by atoms with Gasteiger partial charge in [0.05, 0.1) is 0 Å². The van der Waals surface area contributed by atoms with Crippen molar-refractivity contribution in [3.63, 3.8) is 0 Å². The van der Waals surface area contributed by atoms with E-state index in [-0.39, 0.29) is 5.91 Å². The number of aliphatic imine (C=N–C) groups is 1. The summed E-state index contributed by atoms with van der Waals surface area (Å²) in [5, 5.41) is 7.35. The minimum Gasteiger partial charge on any atom is -0.361 e. The number of anilines is 1. The minimum absolute atomic E-state index is 0.216. The predicted molar refractivity (Wildman–Crippen MR) is 131 cm³/mol. The highest BCUT2D eigenvalue weighted by molar-refractivity contribution is 9.10. The molecule has 3 aromatic carbocycles. The molecule has 3 N–H and O–H groups in total. The van der Waals surface area contributed by atoms with Crippen LogP contribution < -0.4 is 10.6 Å². The Balaban J connectivity index is 1.51. The summed E-state index contributed by atoms with van der Waals surface area (Å²) in [6.45, 7) is 2.57. The fraction of sp³-hybridized carbons (Fsp3) is 0.120. The zero-order valence-electron chi connectivity index (χ0n) is 17.2. The van der Waals surface area contributed by atoms with Gasteiger partial charge in [0.2, 0.25) is 5.96 Å². The van der Waals surface area contributed by atoms with E-state index in [1.807, 2.05) is 61.7 Å². The molecule has 1 aromatic heterocycles. The Morgan fingerprint density at radius 1 is 1.03 bits per heavy atom. The molecule has 0 aliphatic rings. The second kappa shape index (κ2) is 9.62. The number of nitrogens with zero attached hydrogens (tertiary/aromatic N) is 1. The average Bonchev–Trinajstić information content (AvgIpc) is 3.18. The highest BCUT2D eigenvalue weighted by Crippen LogP contribution is 2.18. The number of nitrogens with one attached hydrogen (secondary N) is 3. The summed E-state index contributed by atoms with van der Waals surface area (Å²) in [5.41, 5.74) is 4.91. The quantitative estimate of drug-likeness (QED) is 0.257. The Labute approximate surface area is 189 Å². The number of amides is 1. The van der Waals surface area contributed by atoms with Crippen LogP contribution in [0.1, 0.15) is 21.5 Å². The Kier molecular flexibility index (Phi) is 6.48. The lowest BCUT2D eigenvalue weighted by atomic mass is 10.1. The largest absolute Gasteiger partial charge is 0.361 e. The van der Waals surface area contributed by atoms with Crippen molar-refractivity contribution in [2.75, 3.05) is 11.9 Å². The van der Waals surface area contributed by atoms with E-state index < -0.39 is 0 Å². The summed E-state index contributed by atoms with van der Waals surface area (Å²) >= 11 is 3.41. The maximum atomic E-state index is 12.8. The normalized spacial score (nSPS) is 11.5. The smallest absolute Gasteiger partial charge is 0.257 e. The summed E-state index contributed by atoms with van der Waals surface area (Å²) in [6, 6.07) is 23.5. The van der Waals surface area contributed by atoms with Gasteiger partial charge in [0.15, 0.2) is 0 Å². The van der Waals surface area contributed by atoms with Gasteiger partial charge in [-0.25, -0.2) is 0 Å². The van der Waals surface area contributed by atoms with Gasteiger partial charge in [-0.3, -0.25) is 15.1 Å². The molecule has 0 unspecified atom stereocenters. The number of aromatic amines is 1.